The van der Waals surface area contributed by atoms with Crippen molar-refractivity contribution in [3.63, 3.8) is 0 Å². The van der Waals surface area contributed by atoms with Crippen LogP contribution in [-0.4, -0.2) is 29.3 Å². The van der Waals surface area contributed by atoms with Crippen molar-refractivity contribution in [1.29, 1.82) is 0 Å². The van der Waals surface area contributed by atoms with E-state index in [-0.39, 0.29) is 18.1 Å². The van der Waals surface area contributed by atoms with E-state index in [0.29, 0.717) is 19.4 Å². The van der Waals surface area contributed by atoms with E-state index in [1.54, 1.807) is 0 Å². The van der Waals surface area contributed by atoms with E-state index in [4.69, 9.17) is 9.47 Å². The summed E-state index contributed by atoms with van der Waals surface area (Å²) in [7, 11) is 0. The zero-order valence-corrected chi connectivity index (χ0v) is 15.4. The van der Waals surface area contributed by atoms with E-state index >= 15 is 0 Å². The van der Waals surface area contributed by atoms with E-state index in [0.717, 1.165) is 5.56 Å². The quantitative estimate of drug-likeness (QED) is 0.899. The molecule has 1 aromatic rings. The van der Waals surface area contributed by atoms with Gasteiger partial charge in [-0.05, 0) is 53.0 Å². The van der Waals surface area contributed by atoms with Gasteiger partial charge in [-0.15, -0.1) is 0 Å². The molecule has 4 nitrogen and oxygen atoms in total. The highest BCUT2D eigenvalue weighted by atomic mass is 16.6. The van der Waals surface area contributed by atoms with Gasteiger partial charge in [0.1, 0.15) is 0 Å². The third-order valence-corrected chi connectivity index (χ3v) is 5.66. The van der Waals surface area contributed by atoms with Crippen molar-refractivity contribution in [3.8, 4) is 0 Å². The van der Waals surface area contributed by atoms with Crippen molar-refractivity contribution in [2.45, 2.75) is 77.4 Å². The Morgan fingerprint density at radius 2 is 1.96 bits per heavy atom. The third kappa shape index (κ3) is 2.76. The van der Waals surface area contributed by atoms with Crippen LogP contribution in [0, 0.1) is 5.41 Å². The van der Waals surface area contributed by atoms with Crippen LogP contribution in [0.15, 0.2) is 30.3 Å². The number of hydrogen-bond donors (Lipinski definition) is 1. The van der Waals surface area contributed by atoms with Gasteiger partial charge in [0.05, 0.1) is 29.3 Å². The normalized spacial score (nSPS) is 33.8. The van der Waals surface area contributed by atoms with Crippen LogP contribution in [0.4, 0.5) is 0 Å². The number of ether oxygens (including phenoxy) is 2. The average molecular weight is 331 g/mol. The first-order valence-electron chi connectivity index (χ1n) is 8.85. The SMILES string of the molecule is CC(C)NC(=O)C12CC(OCc3ccccc3)C(C)(C1)OC2(C)C. The van der Waals surface area contributed by atoms with Gasteiger partial charge in [-0.25, -0.2) is 0 Å². The highest BCUT2D eigenvalue weighted by Gasteiger charge is 2.71. The summed E-state index contributed by atoms with van der Waals surface area (Å²) >= 11 is 0. The molecular weight excluding hydrogens is 302 g/mol. The Morgan fingerprint density at radius 1 is 1.29 bits per heavy atom. The molecule has 1 saturated heterocycles. The molecule has 0 radical (unpaired) electrons. The number of fused-ring (bicyclic) bond motifs is 2. The first kappa shape index (κ1) is 17.4. The summed E-state index contributed by atoms with van der Waals surface area (Å²) in [4.78, 5) is 13.0. The van der Waals surface area contributed by atoms with Crippen LogP contribution in [0.25, 0.3) is 0 Å². The number of carbonyl (C=O) groups is 1. The van der Waals surface area contributed by atoms with E-state index in [1.165, 1.54) is 0 Å². The van der Waals surface area contributed by atoms with Crippen molar-refractivity contribution >= 4 is 5.91 Å². The lowest BCUT2D eigenvalue weighted by Crippen LogP contribution is -2.56. The molecule has 0 spiro atoms. The number of carbonyl (C=O) groups excluding carboxylic acids is 1. The predicted molar refractivity (Wildman–Crippen MR) is 93.5 cm³/mol. The number of nitrogens with one attached hydrogen (secondary N) is 1. The topological polar surface area (TPSA) is 47.6 Å². The van der Waals surface area contributed by atoms with Crippen LogP contribution in [0.3, 0.4) is 0 Å². The van der Waals surface area contributed by atoms with Gasteiger partial charge in [-0.2, -0.15) is 0 Å². The van der Waals surface area contributed by atoms with Crippen LogP contribution in [0.1, 0.15) is 53.0 Å². The molecule has 1 saturated carbocycles. The standard InChI is InChI=1S/C20H29NO3/c1-14(2)21-17(22)20-11-16(19(5,13-20)24-18(20,3)4)23-12-15-9-7-6-8-10-15/h6-10,14,16H,11-13H2,1-5H3,(H,21,22). The van der Waals surface area contributed by atoms with Gasteiger partial charge in [-0.3, -0.25) is 4.79 Å². The molecular formula is C20H29NO3. The van der Waals surface area contributed by atoms with Gasteiger partial charge < -0.3 is 14.8 Å². The fourth-order valence-electron chi connectivity index (χ4n) is 4.41. The van der Waals surface area contributed by atoms with Crippen molar-refractivity contribution in [3.05, 3.63) is 35.9 Å². The summed E-state index contributed by atoms with van der Waals surface area (Å²) in [5.74, 6) is 0.0945. The van der Waals surface area contributed by atoms with Gasteiger partial charge >= 0.3 is 0 Å². The zero-order chi connectivity index (χ0) is 17.6. The summed E-state index contributed by atoms with van der Waals surface area (Å²) in [6.45, 7) is 10.7. The molecule has 0 aromatic heterocycles. The molecule has 2 aliphatic rings. The van der Waals surface area contributed by atoms with Crippen LogP contribution < -0.4 is 5.32 Å². The van der Waals surface area contributed by atoms with Gasteiger partial charge in [0.2, 0.25) is 5.91 Å². The lowest BCUT2D eigenvalue weighted by molar-refractivity contribution is -0.203. The molecule has 2 fully saturated rings. The van der Waals surface area contributed by atoms with Crippen LogP contribution in [-0.2, 0) is 20.9 Å². The fraction of sp³-hybridized carbons (Fsp3) is 0.650. The van der Waals surface area contributed by atoms with E-state index < -0.39 is 16.6 Å². The summed E-state index contributed by atoms with van der Waals surface area (Å²) in [5.41, 5.74) is -0.267. The van der Waals surface area contributed by atoms with Crippen molar-refractivity contribution < 1.29 is 14.3 Å². The lowest BCUT2D eigenvalue weighted by Gasteiger charge is -2.44. The number of hydrogen-bond acceptors (Lipinski definition) is 3. The second kappa shape index (κ2) is 5.85. The predicted octanol–water partition coefficient (Wildman–Crippen LogP) is 3.44. The molecule has 1 N–H and O–H groups in total. The second-order valence-corrected chi connectivity index (χ2v) is 8.30. The highest BCUT2D eigenvalue weighted by molar-refractivity contribution is 5.85. The zero-order valence-electron chi connectivity index (χ0n) is 15.4. The minimum absolute atomic E-state index is 0.0661. The number of rotatable bonds is 5. The molecule has 3 atom stereocenters. The molecule has 1 heterocycles. The summed E-state index contributed by atoms with van der Waals surface area (Å²) in [6, 6.07) is 10.3. The fourth-order valence-corrected chi connectivity index (χ4v) is 4.41. The Morgan fingerprint density at radius 3 is 2.58 bits per heavy atom. The molecule has 1 amide bonds. The molecule has 1 aromatic carbocycles. The molecule has 132 valence electrons. The lowest BCUT2D eigenvalue weighted by atomic mass is 9.72. The second-order valence-electron chi connectivity index (χ2n) is 8.30. The Kier molecular flexibility index (Phi) is 4.25. The highest BCUT2D eigenvalue weighted by Crippen LogP contribution is 2.62. The van der Waals surface area contributed by atoms with Crippen LogP contribution in [0.2, 0.25) is 0 Å². The third-order valence-electron chi connectivity index (χ3n) is 5.66. The minimum Gasteiger partial charge on any atom is -0.371 e. The first-order chi connectivity index (χ1) is 11.2. The smallest absolute Gasteiger partial charge is 0.229 e. The van der Waals surface area contributed by atoms with Gasteiger partial charge in [0, 0.05) is 6.04 Å². The maximum absolute atomic E-state index is 13.0. The van der Waals surface area contributed by atoms with Crippen LogP contribution in [0.5, 0.6) is 0 Å². The van der Waals surface area contributed by atoms with E-state index in [1.807, 2.05) is 45.9 Å². The number of amides is 1. The Balaban J connectivity index is 1.77. The first-order valence-corrected chi connectivity index (χ1v) is 8.85. The van der Waals surface area contributed by atoms with E-state index in [9.17, 15) is 4.79 Å². The minimum atomic E-state index is -0.520. The molecule has 2 bridgehead atoms. The molecule has 3 rings (SSSR count). The Bertz CT molecular complexity index is 613. The number of benzene rings is 1. The molecule has 1 aliphatic heterocycles. The van der Waals surface area contributed by atoms with Gasteiger partial charge in [0.25, 0.3) is 0 Å². The monoisotopic (exact) mass is 331 g/mol. The van der Waals surface area contributed by atoms with Crippen molar-refractivity contribution in [2.75, 3.05) is 0 Å². The molecule has 3 unspecified atom stereocenters. The Labute approximate surface area is 144 Å². The van der Waals surface area contributed by atoms with Gasteiger partial charge in [0.15, 0.2) is 0 Å². The largest absolute Gasteiger partial charge is 0.371 e. The Hall–Kier alpha value is -1.39. The average Bonchev–Trinajstić information content (AvgIpc) is 2.90. The molecule has 24 heavy (non-hydrogen) atoms. The summed E-state index contributed by atoms with van der Waals surface area (Å²) in [5, 5.41) is 3.10. The van der Waals surface area contributed by atoms with Crippen LogP contribution >= 0.6 is 0 Å². The van der Waals surface area contributed by atoms with E-state index in [2.05, 4.69) is 24.4 Å². The summed E-state index contributed by atoms with van der Waals surface area (Å²) in [6.07, 6.45) is 1.36. The maximum Gasteiger partial charge on any atom is 0.229 e. The van der Waals surface area contributed by atoms with Crippen molar-refractivity contribution in [1.82, 2.24) is 5.32 Å². The molecule has 1 aliphatic carbocycles. The molecule has 4 heteroatoms. The van der Waals surface area contributed by atoms with Crippen molar-refractivity contribution in [2.24, 2.45) is 5.41 Å². The van der Waals surface area contributed by atoms with Gasteiger partial charge in [-0.1, -0.05) is 30.3 Å². The summed E-state index contributed by atoms with van der Waals surface area (Å²) < 4.78 is 12.6. The maximum atomic E-state index is 13.0.